The highest BCUT2D eigenvalue weighted by molar-refractivity contribution is 5.33. The van der Waals surface area contributed by atoms with Crippen LogP contribution in [0.25, 0.3) is 0 Å². The second kappa shape index (κ2) is 5.46. The SMILES string of the molecule is CC#CC#C/C=C1\OC2(CCCCO2)C(O)C1O. The van der Waals surface area contributed by atoms with Gasteiger partial charge in [-0.2, -0.15) is 0 Å². The summed E-state index contributed by atoms with van der Waals surface area (Å²) >= 11 is 0. The van der Waals surface area contributed by atoms with E-state index < -0.39 is 18.0 Å². The minimum Gasteiger partial charge on any atom is -0.460 e. The van der Waals surface area contributed by atoms with Crippen LogP contribution in [0.5, 0.6) is 0 Å². The quantitative estimate of drug-likeness (QED) is 0.614. The first kappa shape index (κ1) is 13.0. The van der Waals surface area contributed by atoms with Crippen LogP contribution in [-0.4, -0.2) is 34.8 Å². The highest BCUT2D eigenvalue weighted by atomic mass is 16.7. The van der Waals surface area contributed by atoms with Crippen molar-refractivity contribution in [2.24, 2.45) is 0 Å². The molecule has 4 heteroatoms. The average Bonchev–Trinajstić information content (AvgIpc) is 2.61. The van der Waals surface area contributed by atoms with E-state index in [1.807, 2.05) is 0 Å². The summed E-state index contributed by atoms with van der Waals surface area (Å²) in [5, 5.41) is 19.9. The maximum Gasteiger partial charge on any atom is 0.239 e. The van der Waals surface area contributed by atoms with Crippen LogP contribution < -0.4 is 0 Å². The van der Waals surface area contributed by atoms with Gasteiger partial charge in [0.2, 0.25) is 5.79 Å². The molecule has 0 aliphatic carbocycles. The molecule has 4 nitrogen and oxygen atoms in total. The molecule has 2 aliphatic heterocycles. The Hall–Kier alpha value is -1.46. The molecule has 2 saturated heterocycles. The van der Waals surface area contributed by atoms with Gasteiger partial charge in [0.05, 0.1) is 6.61 Å². The first-order valence-corrected chi connectivity index (χ1v) is 6.01. The number of hydrogen-bond donors (Lipinski definition) is 2. The van der Waals surface area contributed by atoms with Gasteiger partial charge in [0.1, 0.15) is 11.9 Å². The molecule has 2 N–H and O–H groups in total. The summed E-state index contributed by atoms with van der Waals surface area (Å²) < 4.78 is 11.1. The summed E-state index contributed by atoms with van der Waals surface area (Å²) in [4.78, 5) is 0. The molecule has 2 rings (SSSR count). The van der Waals surface area contributed by atoms with Gasteiger partial charge in [-0.05, 0) is 31.6 Å². The monoisotopic (exact) mass is 248 g/mol. The van der Waals surface area contributed by atoms with E-state index in [4.69, 9.17) is 9.47 Å². The Balaban J connectivity index is 2.16. The first-order valence-electron chi connectivity index (χ1n) is 6.01. The fourth-order valence-corrected chi connectivity index (χ4v) is 2.14. The molecule has 2 aliphatic rings. The number of rotatable bonds is 0. The molecule has 0 aromatic heterocycles. The van der Waals surface area contributed by atoms with E-state index in [1.165, 1.54) is 6.08 Å². The van der Waals surface area contributed by atoms with Gasteiger partial charge in [0.15, 0.2) is 6.10 Å². The predicted molar refractivity (Wildman–Crippen MR) is 64.9 cm³/mol. The van der Waals surface area contributed by atoms with Gasteiger partial charge >= 0.3 is 0 Å². The fraction of sp³-hybridized carbons (Fsp3) is 0.571. The molecule has 1 spiro atoms. The van der Waals surface area contributed by atoms with Gasteiger partial charge in [-0.25, -0.2) is 0 Å². The molecular formula is C14H16O4. The molecule has 96 valence electrons. The average molecular weight is 248 g/mol. The van der Waals surface area contributed by atoms with Crippen molar-refractivity contribution >= 4 is 0 Å². The second-order valence-electron chi connectivity index (χ2n) is 4.30. The third-order valence-electron chi connectivity index (χ3n) is 3.07. The number of hydrogen-bond acceptors (Lipinski definition) is 4. The van der Waals surface area contributed by atoms with E-state index in [1.54, 1.807) is 6.92 Å². The van der Waals surface area contributed by atoms with E-state index in [9.17, 15) is 10.2 Å². The number of ether oxygens (including phenoxy) is 2. The zero-order valence-electron chi connectivity index (χ0n) is 10.3. The molecule has 2 heterocycles. The lowest BCUT2D eigenvalue weighted by molar-refractivity contribution is -0.257. The number of aliphatic hydroxyl groups is 2. The van der Waals surface area contributed by atoms with E-state index in [-0.39, 0.29) is 5.76 Å². The summed E-state index contributed by atoms with van der Waals surface area (Å²) in [6, 6.07) is 0. The zero-order chi connectivity index (χ0) is 13.0. The smallest absolute Gasteiger partial charge is 0.239 e. The Bertz CT molecular complexity index is 452. The van der Waals surface area contributed by atoms with Crippen LogP contribution in [0.2, 0.25) is 0 Å². The van der Waals surface area contributed by atoms with Gasteiger partial charge in [-0.15, -0.1) is 0 Å². The Labute approximate surface area is 107 Å². The van der Waals surface area contributed by atoms with Gasteiger partial charge in [0, 0.05) is 12.5 Å². The Kier molecular flexibility index (Phi) is 3.93. The maximum atomic E-state index is 10.0. The number of allylic oxidation sites excluding steroid dienone is 1. The van der Waals surface area contributed by atoms with Crippen molar-refractivity contribution in [2.45, 2.75) is 44.2 Å². The van der Waals surface area contributed by atoms with Crippen molar-refractivity contribution in [1.29, 1.82) is 0 Å². The summed E-state index contributed by atoms with van der Waals surface area (Å²) in [7, 11) is 0. The van der Waals surface area contributed by atoms with Crippen molar-refractivity contribution in [3.05, 3.63) is 11.8 Å². The molecule has 2 fully saturated rings. The topological polar surface area (TPSA) is 58.9 Å². The van der Waals surface area contributed by atoms with Crippen LogP contribution >= 0.6 is 0 Å². The molecule has 0 radical (unpaired) electrons. The summed E-state index contributed by atoms with van der Waals surface area (Å²) in [6.07, 6.45) is 1.70. The minimum absolute atomic E-state index is 0.245. The zero-order valence-corrected chi connectivity index (χ0v) is 10.3. The van der Waals surface area contributed by atoms with Gasteiger partial charge in [-0.3, -0.25) is 0 Å². The second-order valence-corrected chi connectivity index (χ2v) is 4.30. The first-order chi connectivity index (χ1) is 8.69. The van der Waals surface area contributed by atoms with Gasteiger partial charge in [0.25, 0.3) is 0 Å². The van der Waals surface area contributed by atoms with Crippen molar-refractivity contribution < 1.29 is 19.7 Å². The fourth-order valence-electron chi connectivity index (χ4n) is 2.14. The van der Waals surface area contributed by atoms with Crippen molar-refractivity contribution in [3.8, 4) is 23.7 Å². The molecule has 0 aromatic carbocycles. The highest BCUT2D eigenvalue weighted by Gasteiger charge is 2.54. The lowest BCUT2D eigenvalue weighted by Crippen LogP contribution is -2.47. The molecule has 0 bridgehead atoms. The van der Waals surface area contributed by atoms with Crippen molar-refractivity contribution in [2.75, 3.05) is 6.61 Å². The van der Waals surface area contributed by atoms with Crippen LogP contribution in [0.15, 0.2) is 11.8 Å². The van der Waals surface area contributed by atoms with E-state index in [0.717, 1.165) is 12.8 Å². The molecule has 0 aromatic rings. The summed E-state index contributed by atoms with van der Waals surface area (Å²) in [5.74, 6) is 9.62. The Morgan fingerprint density at radius 3 is 2.83 bits per heavy atom. The lowest BCUT2D eigenvalue weighted by Gasteiger charge is -2.34. The standard InChI is InChI=1S/C14H16O4/c1-2-3-4-5-8-11-12(15)13(16)14(18-11)9-6-7-10-17-14/h8,12-13,15-16H,6-7,9-10H2,1H3/b11-8-. The Morgan fingerprint density at radius 2 is 2.17 bits per heavy atom. The number of aliphatic hydroxyl groups excluding tert-OH is 2. The normalized spacial score (nSPS) is 36.5. The largest absolute Gasteiger partial charge is 0.460 e. The van der Waals surface area contributed by atoms with Gasteiger partial charge < -0.3 is 19.7 Å². The van der Waals surface area contributed by atoms with E-state index in [2.05, 4.69) is 23.7 Å². The third kappa shape index (κ3) is 2.37. The summed E-state index contributed by atoms with van der Waals surface area (Å²) in [6.45, 7) is 2.22. The molecule has 3 atom stereocenters. The maximum absolute atomic E-state index is 10.0. The summed E-state index contributed by atoms with van der Waals surface area (Å²) in [5.41, 5.74) is 0. The van der Waals surface area contributed by atoms with Crippen LogP contribution in [-0.2, 0) is 9.47 Å². The predicted octanol–water partition coefficient (Wildman–Crippen LogP) is 0.546. The Morgan fingerprint density at radius 1 is 1.33 bits per heavy atom. The van der Waals surface area contributed by atoms with Gasteiger partial charge in [-0.1, -0.05) is 11.8 Å². The minimum atomic E-state index is -1.10. The molecule has 3 unspecified atom stereocenters. The van der Waals surface area contributed by atoms with E-state index >= 15 is 0 Å². The van der Waals surface area contributed by atoms with Crippen LogP contribution in [0.1, 0.15) is 26.2 Å². The van der Waals surface area contributed by atoms with Crippen molar-refractivity contribution in [3.63, 3.8) is 0 Å². The highest BCUT2D eigenvalue weighted by Crippen LogP contribution is 2.40. The van der Waals surface area contributed by atoms with E-state index in [0.29, 0.717) is 13.0 Å². The molecule has 18 heavy (non-hydrogen) atoms. The van der Waals surface area contributed by atoms with Crippen molar-refractivity contribution in [1.82, 2.24) is 0 Å². The van der Waals surface area contributed by atoms with Crippen LogP contribution in [0.3, 0.4) is 0 Å². The lowest BCUT2D eigenvalue weighted by atomic mass is 9.98. The van der Waals surface area contributed by atoms with Crippen LogP contribution in [0.4, 0.5) is 0 Å². The molecular weight excluding hydrogens is 232 g/mol. The molecule has 0 amide bonds. The molecule has 0 saturated carbocycles. The third-order valence-corrected chi connectivity index (χ3v) is 3.07. The van der Waals surface area contributed by atoms with Crippen LogP contribution in [0, 0.1) is 23.7 Å².